The minimum absolute atomic E-state index is 0.0726. The van der Waals surface area contributed by atoms with Crippen molar-refractivity contribution in [2.45, 2.75) is 32.9 Å². The number of fused-ring (bicyclic) bond motifs is 1. The molecule has 1 N–H and O–H groups in total. The number of nitrogens with zero attached hydrogens (tertiary/aromatic N) is 2. The van der Waals surface area contributed by atoms with Crippen LogP contribution in [0.25, 0.3) is 11.0 Å². The van der Waals surface area contributed by atoms with Gasteiger partial charge in [0.05, 0.1) is 17.6 Å². The lowest BCUT2D eigenvalue weighted by atomic mass is 10.1. The molecule has 0 unspecified atom stereocenters. The van der Waals surface area contributed by atoms with E-state index in [2.05, 4.69) is 40.2 Å². The van der Waals surface area contributed by atoms with E-state index in [4.69, 9.17) is 4.98 Å². The van der Waals surface area contributed by atoms with Crippen molar-refractivity contribution in [1.29, 1.82) is 0 Å². The first-order valence-electron chi connectivity index (χ1n) is 10.0. The van der Waals surface area contributed by atoms with Crippen LogP contribution >= 0.6 is 0 Å². The molecule has 3 aromatic carbocycles. The Labute approximate surface area is 171 Å². The average Bonchev–Trinajstić information content (AvgIpc) is 3.10. The Morgan fingerprint density at radius 2 is 1.76 bits per heavy atom. The molecule has 0 aliphatic rings. The standard InChI is InChI=1S/C25H25N3O/c1-19-9-7-13-21(17-19)25(29)26-18-24-27-22-14-5-6-15-23(22)28(24)16-8-12-20-10-3-2-4-11-20/h2-7,9-11,13-15,17H,8,12,16,18H2,1H3,(H,26,29). The highest BCUT2D eigenvalue weighted by molar-refractivity contribution is 5.94. The lowest BCUT2D eigenvalue weighted by Crippen LogP contribution is -2.25. The van der Waals surface area contributed by atoms with Crippen LogP contribution in [0.5, 0.6) is 0 Å². The van der Waals surface area contributed by atoms with E-state index < -0.39 is 0 Å². The van der Waals surface area contributed by atoms with Crippen LogP contribution in [0.3, 0.4) is 0 Å². The van der Waals surface area contributed by atoms with Crippen LogP contribution < -0.4 is 5.32 Å². The highest BCUT2D eigenvalue weighted by atomic mass is 16.1. The van der Waals surface area contributed by atoms with Gasteiger partial charge in [-0.2, -0.15) is 0 Å². The number of amides is 1. The van der Waals surface area contributed by atoms with Gasteiger partial charge in [-0.25, -0.2) is 4.98 Å². The number of nitrogens with one attached hydrogen (secondary N) is 1. The van der Waals surface area contributed by atoms with Crippen molar-refractivity contribution in [1.82, 2.24) is 14.9 Å². The van der Waals surface area contributed by atoms with E-state index in [1.165, 1.54) is 5.56 Å². The molecular weight excluding hydrogens is 358 g/mol. The summed E-state index contributed by atoms with van der Waals surface area (Å²) in [5.74, 6) is 0.817. The Balaban J connectivity index is 1.49. The Kier molecular flexibility index (Phi) is 5.71. The van der Waals surface area contributed by atoms with Gasteiger partial charge in [-0.05, 0) is 49.6 Å². The van der Waals surface area contributed by atoms with Crippen LogP contribution in [0, 0.1) is 6.92 Å². The van der Waals surface area contributed by atoms with Crippen LogP contribution in [0.4, 0.5) is 0 Å². The SMILES string of the molecule is Cc1cccc(C(=O)NCc2nc3ccccc3n2CCCc2ccccc2)c1. The van der Waals surface area contributed by atoms with Gasteiger partial charge >= 0.3 is 0 Å². The summed E-state index contributed by atoms with van der Waals surface area (Å²) in [6.07, 6.45) is 2.03. The number of hydrogen-bond donors (Lipinski definition) is 1. The maximum absolute atomic E-state index is 12.5. The van der Waals surface area contributed by atoms with Crippen molar-refractivity contribution in [2.75, 3.05) is 0 Å². The summed E-state index contributed by atoms with van der Waals surface area (Å²) in [6, 6.07) is 26.3. The second-order valence-electron chi connectivity index (χ2n) is 7.31. The third kappa shape index (κ3) is 4.54. The first-order chi connectivity index (χ1) is 14.2. The Bertz CT molecular complexity index is 1120. The molecule has 0 saturated carbocycles. The first kappa shape index (κ1) is 18.9. The Morgan fingerprint density at radius 1 is 0.966 bits per heavy atom. The van der Waals surface area contributed by atoms with Crippen LogP contribution in [0.15, 0.2) is 78.9 Å². The summed E-state index contributed by atoms with van der Waals surface area (Å²) >= 11 is 0. The molecule has 0 aliphatic heterocycles. The van der Waals surface area contributed by atoms with Crippen molar-refractivity contribution in [3.05, 3.63) is 101 Å². The molecule has 0 bridgehead atoms. The van der Waals surface area contributed by atoms with Crippen molar-refractivity contribution in [2.24, 2.45) is 0 Å². The van der Waals surface area contributed by atoms with Crippen molar-refractivity contribution >= 4 is 16.9 Å². The van der Waals surface area contributed by atoms with E-state index in [9.17, 15) is 4.79 Å². The molecule has 4 heteroatoms. The number of carbonyl (C=O) groups is 1. The molecular formula is C25H25N3O. The van der Waals surface area contributed by atoms with Crippen LogP contribution in [0.2, 0.25) is 0 Å². The highest BCUT2D eigenvalue weighted by Crippen LogP contribution is 2.17. The zero-order valence-electron chi connectivity index (χ0n) is 16.6. The molecule has 146 valence electrons. The fraction of sp³-hybridized carbons (Fsp3) is 0.200. The summed E-state index contributed by atoms with van der Waals surface area (Å²) in [5.41, 5.74) is 5.17. The summed E-state index contributed by atoms with van der Waals surface area (Å²) in [5, 5.41) is 3.03. The van der Waals surface area contributed by atoms with Crippen LogP contribution in [-0.2, 0) is 19.5 Å². The number of hydrogen-bond acceptors (Lipinski definition) is 2. The van der Waals surface area contributed by atoms with Crippen LogP contribution in [-0.4, -0.2) is 15.5 Å². The van der Waals surface area contributed by atoms with Crippen molar-refractivity contribution in [3.8, 4) is 0 Å². The third-order valence-corrected chi connectivity index (χ3v) is 5.11. The quantitative estimate of drug-likeness (QED) is 0.493. The summed E-state index contributed by atoms with van der Waals surface area (Å²) in [4.78, 5) is 17.3. The molecule has 1 aromatic heterocycles. The van der Waals surface area contributed by atoms with E-state index in [0.717, 1.165) is 41.8 Å². The fourth-order valence-corrected chi connectivity index (χ4v) is 3.64. The zero-order chi connectivity index (χ0) is 20.1. The molecule has 0 saturated heterocycles. The Morgan fingerprint density at radius 3 is 2.59 bits per heavy atom. The van der Waals surface area contributed by atoms with Gasteiger partial charge in [0.15, 0.2) is 0 Å². The van der Waals surface area contributed by atoms with E-state index in [-0.39, 0.29) is 5.91 Å². The van der Waals surface area contributed by atoms with Gasteiger partial charge in [-0.1, -0.05) is 60.2 Å². The second-order valence-corrected chi connectivity index (χ2v) is 7.31. The Hall–Kier alpha value is -3.40. The predicted octanol–water partition coefficient (Wildman–Crippen LogP) is 4.91. The molecule has 4 aromatic rings. The lowest BCUT2D eigenvalue weighted by molar-refractivity contribution is 0.0949. The van der Waals surface area contributed by atoms with Gasteiger partial charge in [0, 0.05) is 12.1 Å². The zero-order valence-corrected chi connectivity index (χ0v) is 16.6. The summed E-state index contributed by atoms with van der Waals surface area (Å²) in [6.45, 7) is 3.26. The normalized spacial score (nSPS) is 10.9. The van der Waals surface area contributed by atoms with Gasteiger partial charge in [-0.15, -0.1) is 0 Å². The van der Waals surface area contributed by atoms with Gasteiger partial charge in [0.2, 0.25) is 0 Å². The van der Waals surface area contributed by atoms with Gasteiger partial charge in [0.1, 0.15) is 5.82 Å². The number of aromatic nitrogens is 2. The minimum atomic E-state index is -0.0726. The number of aryl methyl sites for hydroxylation is 3. The largest absolute Gasteiger partial charge is 0.345 e. The lowest BCUT2D eigenvalue weighted by Gasteiger charge is -2.11. The third-order valence-electron chi connectivity index (χ3n) is 5.11. The molecule has 1 amide bonds. The molecule has 4 nitrogen and oxygen atoms in total. The predicted molar refractivity (Wildman–Crippen MR) is 117 cm³/mol. The maximum atomic E-state index is 12.5. The number of rotatable bonds is 7. The van der Waals surface area contributed by atoms with E-state index in [1.54, 1.807) is 0 Å². The van der Waals surface area contributed by atoms with Gasteiger partial charge in [-0.3, -0.25) is 4.79 Å². The highest BCUT2D eigenvalue weighted by Gasteiger charge is 2.12. The number of para-hydroxylation sites is 2. The van der Waals surface area contributed by atoms with E-state index in [1.807, 2.05) is 55.5 Å². The molecule has 0 fully saturated rings. The maximum Gasteiger partial charge on any atom is 0.251 e. The van der Waals surface area contributed by atoms with Crippen LogP contribution in [0.1, 0.15) is 33.7 Å². The van der Waals surface area contributed by atoms with E-state index in [0.29, 0.717) is 12.1 Å². The topological polar surface area (TPSA) is 46.9 Å². The minimum Gasteiger partial charge on any atom is -0.345 e. The van der Waals surface area contributed by atoms with Gasteiger partial charge < -0.3 is 9.88 Å². The average molecular weight is 383 g/mol. The van der Waals surface area contributed by atoms with Crippen molar-refractivity contribution < 1.29 is 4.79 Å². The molecule has 1 heterocycles. The monoisotopic (exact) mass is 383 g/mol. The van der Waals surface area contributed by atoms with E-state index >= 15 is 0 Å². The molecule has 4 rings (SSSR count). The van der Waals surface area contributed by atoms with Crippen molar-refractivity contribution in [3.63, 3.8) is 0 Å². The second kappa shape index (κ2) is 8.74. The number of imidazole rings is 1. The molecule has 0 aliphatic carbocycles. The smallest absolute Gasteiger partial charge is 0.251 e. The first-order valence-corrected chi connectivity index (χ1v) is 10.0. The fourth-order valence-electron chi connectivity index (χ4n) is 3.64. The molecule has 0 spiro atoms. The summed E-state index contributed by atoms with van der Waals surface area (Å²) in [7, 11) is 0. The summed E-state index contributed by atoms with van der Waals surface area (Å²) < 4.78 is 2.23. The number of carbonyl (C=O) groups excluding carboxylic acids is 1. The van der Waals surface area contributed by atoms with Gasteiger partial charge in [0.25, 0.3) is 5.91 Å². The molecule has 29 heavy (non-hydrogen) atoms. The molecule has 0 radical (unpaired) electrons. The number of benzene rings is 3. The molecule has 0 atom stereocenters.